The normalized spacial score (nSPS) is 10.2. The first-order valence-electron chi connectivity index (χ1n) is 6.62. The maximum absolute atomic E-state index is 5.99. The Hall–Kier alpha value is -2.16. The van der Waals surface area contributed by atoms with Crippen molar-refractivity contribution in [3.8, 4) is 0 Å². The highest BCUT2D eigenvalue weighted by molar-refractivity contribution is 5.74. The minimum atomic E-state index is 0.796. The lowest BCUT2D eigenvalue weighted by molar-refractivity contribution is 1.09. The van der Waals surface area contributed by atoms with Crippen LogP contribution in [0, 0.1) is 0 Å². The summed E-state index contributed by atoms with van der Waals surface area (Å²) in [7, 11) is 1.89. The zero-order valence-corrected chi connectivity index (χ0v) is 11.5. The molecule has 0 aliphatic carbocycles. The van der Waals surface area contributed by atoms with Gasteiger partial charge in [0.1, 0.15) is 0 Å². The SMILES string of the molecule is CCc1cc(N)c(NC)cc1NCc1ccccc1. The highest BCUT2D eigenvalue weighted by Crippen LogP contribution is 2.28. The summed E-state index contributed by atoms with van der Waals surface area (Å²) in [5.41, 5.74) is 11.4. The van der Waals surface area contributed by atoms with Crippen LogP contribution in [0.5, 0.6) is 0 Å². The lowest BCUT2D eigenvalue weighted by Gasteiger charge is -2.15. The largest absolute Gasteiger partial charge is 0.397 e. The molecule has 3 nitrogen and oxygen atoms in total. The fraction of sp³-hybridized carbons (Fsp3) is 0.250. The molecule has 0 radical (unpaired) electrons. The molecule has 0 amide bonds. The third-order valence-corrected chi connectivity index (χ3v) is 3.25. The second-order valence-electron chi connectivity index (χ2n) is 4.54. The summed E-state index contributed by atoms with van der Waals surface area (Å²) in [5.74, 6) is 0. The van der Waals surface area contributed by atoms with Gasteiger partial charge in [0.15, 0.2) is 0 Å². The molecular weight excluding hydrogens is 234 g/mol. The van der Waals surface area contributed by atoms with Gasteiger partial charge in [0.25, 0.3) is 0 Å². The highest BCUT2D eigenvalue weighted by atomic mass is 14.9. The van der Waals surface area contributed by atoms with Crippen molar-refractivity contribution < 1.29 is 0 Å². The van der Waals surface area contributed by atoms with E-state index in [4.69, 9.17) is 5.73 Å². The molecule has 0 aliphatic rings. The number of anilines is 3. The number of rotatable bonds is 5. The molecule has 4 N–H and O–H groups in total. The van der Waals surface area contributed by atoms with Crippen LogP contribution in [-0.2, 0) is 13.0 Å². The third kappa shape index (κ3) is 3.19. The van der Waals surface area contributed by atoms with Gasteiger partial charge in [-0.3, -0.25) is 0 Å². The van der Waals surface area contributed by atoms with Crippen LogP contribution in [0.25, 0.3) is 0 Å². The van der Waals surface area contributed by atoms with E-state index in [1.807, 2.05) is 19.2 Å². The molecule has 19 heavy (non-hydrogen) atoms. The average Bonchev–Trinajstić information content (AvgIpc) is 2.46. The molecule has 0 saturated heterocycles. The molecular formula is C16H21N3. The Bertz CT molecular complexity index is 535. The van der Waals surface area contributed by atoms with Crippen LogP contribution >= 0.6 is 0 Å². The third-order valence-electron chi connectivity index (χ3n) is 3.25. The average molecular weight is 255 g/mol. The second kappa shape index (κ2) is 6.14. The van der Waals surface area contributed by atoms with Crippen molar-refractivity contribution in [3.63, 3.8) is 0 Å². The van der Waals surface area contributed by atoms with Crippen LogP contribution in [0.3, 0.4) is 0 Å². The van der Waals surface area contributed by atoms with E-state index in [0.29, 0.717) is 0 Å². The summed E-state index contributed by atoms with van der Waals surface area (Å²) in [5, 5.41) is 6.61. The van der Waals surface area contributed by atoms with Gasteiger partial charge >= 0.3 is 0 Å². The Morgan fingerprint density at radius 1 is 1.05 bits per heavy atom. The number of nitrogens with one attached hydrogen (secondary N) is 2. The standard InChI is InChI=1S/C16H21N3/c1-3-13-9-14(17)16(18-2)10-15(13)19-11-12-7-5-4-6-8-12/h4-10,18-19H,3,11,17H2,1-2H3. The molecule has 2 rings (SSSR count). The van der Waals surface area contributed by atoms with Gasteiger partial charge in [0.2, 0.25) is 0 Å². The molecule has 0 unspecified atom stereocenters. The topological polar surface area (TPSA) is 50.1 Å². The van der Waals surface area contributed by atoms with Gasteiger partial charge in [-0.1, -0.05) is 37.3 Å². The van der Waals surface area contributed by atoms with Crippen LogP contribution in [-0.4, -0.2) is 7.05 Å². The van der Waals surface area contributed by atoms with Crippen molar-refractivity contribution in [3.05, 3.63) is 53.6 Å². The molecule has 3 heteroatoms. The van der Waals surface area contributed by atoms with E-state index in [2.05, 4.69) is 47.9 Å². The fourth-order valence-electron chi connectivity index (χ4n) is 2.13. The van der Waals surface area contributed by atoms with Crippen molar-refractivity contribution >= 4 is 17.1 Å². The smallest absolute Gasteiger partial charge is 0.0592 e. The predicted octanol–water partition coefficient (Wildman–Crippen LogP) is 3.49. The molecule has 0 aromatic heterocycles. The molecule has 0 saturated carbocycles. The molecule has 0 spiro atoms. The zero-order chi connectivity index (χ0) is 13.7. The van der Waals surface area contributed by atoms with E-state index in [1.165, 1.54) is 11.1 Å². The lowest BCUT2D eigenvalue weighted by atomic mass is 10.1. The van der Waals surface area contributed by atoms with Crippen LogP contribution < -0.4 is 16.4 Å². The van der Waals surface area contributed by atoms with Crippen LogP contribution in [0.15, 0.2) is 42.5 Å². The van der Waals surface area contributed by atoms with Gasteiger partial charge in [-0.2, -0.15) is 0 Å². The van der Waals surface area contributed by atoms with Gasteiger partial charge in [0, 0.05) is 19.3 Å². The Morgan fingerprint density at radius 2 is 1.79 bits per heavy atom. The summed E-state index contributed by atoms with van der Waals surface area (Å²) < 4.78 is 0. The highest BCUT2D eigenvalue weighted by Gasteiger charge is 2.06. The Balaban J connectivity index is 2.19. The van der Waals surface area contributed by atoms with Gasteiger partial charge in [-0.05, 0) is 29.7 Å². The van der Waals surface area contributed by atoms with E-state index < -0.39 is 0 Å². The van der Waals surface area contributed by atoms with Crippen molar-refractivity contribution in [2.45, 2.75) is 19.9 Å². The van der Waals surface area contributed by atoms with Crippen molar-refractivity contribution in [2.24, 2.45) is 0 Å². The number of nitrogens with two attached hydrogens (primary N) is 1. The van der Waals surface area contributed by atoms with Crippen LogP contribution in [0.4, 0.5) is 17.1 Å². The molecule has 100 valence electrons. The van der Waals surface area contributed by atoms with E-state index in [0.717, 1.165) is 30.0 Å². The lowest BCUT2D eigenvalue weighted by Crippen LogP contribution is -2.05. The number of hydrogen-bond acceptors (Lipinski definition) is 3. The van der Waals surface area contributed by atoms with Gasteiger partial charge in [-0.15, -0.1) is 0 Å². The molecule has 2 aromatic rings. The zero-order valence-electron chi connectivity index (χ0n) is 11.5. The molecule has 0 atom stereocenters. The maximum atomic E-state index is 5.99. The first-order valence-corrected chi connectivity index (χ1v) is 6.62. The van der Waals surface area contributed by atoms with Gasteiger partial charge < -0.3 is 16.4 Å². The second-order valence-corrected chi connectivity index (χ2v) is 4.54. The predicted molar refractivity (Wildman–Crippen MR) is 83.5 cm³/mol. The first-order chi connectivity index (χ1) is 9.24. The van der Waals surface area contributed by atoms with E-state index in [9.17, 15) is 0 Å². The Kier molecular flexibility index (Phi) is 4.29. The summed E-state index contributed by atoms with van der Waals surface area (Å²) >= 11 is 0. The monoisotopic (exact) mass is 255 g/mol. The van der Waals surface area contributed by atoms with Crippen molar-refractivity contribution in [2.75, 3.05) is 23.4 Å². The maximum Gasteiger partial charge on any atom is 0.0592 e. The molecule has 2 aromatic carbocycles. The molecule has 0 fully saturated rings. The van der Waals surface area contributed by atoms with Crippen LogP contribution in [0.2, 0.25) is 0 Å². The summed E-state index contributed by atoms with van der Waals surface area (Å²) in [6.07, 6.45) is 0.964. The Morgan fingerprint density at radius 3 is 2.42 bits per heavy atom. The van der Waals surface area contributed by atoms with Crippen LogP contribution in [0.1, 0.15) is 18.1 Å². The van der Waals surface area contributed by atoms with Gasteiger partial charge in [0.05, 0.1) is 11.4 Å². The summed E-state index contributed by atoms with van der Waals surface area (Å²) in [6, 6.07) is 14.5. The van der Waals surface area contributed by atoms with E-state index in [-0.39, 0.29) is 0 Å². The number of aryl methyl sites for hydroxylation is 1. The fourth-order valence-corrected chi connectivity index (χ4v) is 2.13. The molecule has 0 heterocycles. The minimum Gasteiger partial charge on any atom is -0.397 e. The summed E-state index contributed by atoms with van der Waals surface area (Å²) in [4.78, 5) is 0. The first kappa shape index (κ1) is 13.3. The number of nitrogen functional groups attached to an aromatic ring is 1. The summed E-state index contributed by atoms with van der Waals surface area (Å²) in [6.45, 7) is 2.96. The van der Waals surface area contributed by atoms with E-state index in [1.54, 1.807) is 0 Å². The number of hydrogen-bond donors (Lipinski definition) is 3. The minimum absolute atomic E-state index is 0.796. The molecule has 0 bridgehead atoms. The van der Waals surface area contributed by atoms with Crippen molar-refractivity contribution in [1.29, 1.82) is 0 Å². The van der Waals surface area contributed by atoms with E-state index >= 15 is 0 Å². The Labute approximate surface area is 114 Å². The van der Waals surface area contributed by atoms with Crippen molar-refractivity contribution in [1.82, 2.24) is 0 Å². The quantitative estimate of drug-likeness (QED) is 0.717. The molecule has 0 aliphatic heterocycles. The number of benzene rings is 2. The van der Waals surface area contributed by atoms with Gasteiger partial charge in [-0.25, -0.2) is 0 Å².